The maximum Gasteiger partial charge on any atom is 0.321 e. The lowest BCUT2D eigenvalue weighted by Crippen LogP contribution is -2.50. The van der Waals surface area contributed by atoms with Crippen LogP contribution in [0.5, 0.6) is 0 Å². The second kappa shape index (κ2) is 7.63. The highest BCUT2D eigenvalue weighted by molar-refractivity contribution is 5.98. The topological polar surface area (TPSA) is 115 Å². The third kappa shape index (κ3) is 3.85. The molecule has 0 saturated carbocycles. The number of piperidine rings is 2. The van der Waals surface area contributed by atoms with Crippen molar-refractivity contribution >= 4 is 23.8 Å². The number of amides is 2. The van der Waals surface area contributed by atoms with Gasteiger partial charge in [-0.3, -0.25) is 19.2 Å². The van der Waals surface area contributed by atoms with Crippen molar-refractivity contribution in [1.29, 1.82) is 0 Å². The summed E-state index contributed by atoms with van der Waals surface area (Å²) in [7, 11) is 0. The molecule has 0 atom stereocenters. The molecule has 8 heteroatoms. The smallest absolute Gasteiger partial charge is 0.321 e. The quantitative estimate of drug-likeness (QED) is 0.707. The Labute approximate surface area is 140 Å². The van der Waals surface area contributed by atoms with Crippen LogP contribution in [0.4, 0.5) is 0 Å². The van der Waals surface area contributed by atoms with Gasteiger partial charge in [-0.15, -0.1) is 0 Å². The van der Waals surface area contributed by atoms with Gasteiger partial charge in [0, 0.05) is 39.0 Å². The van der Waals surface area contributed by atoms with Crippen molar-refractivity contribution in [2.75, 3.05) is 26.2 Å². The molecule has 0 aromatic heterocycles. The molecular weight excluding hydrogens is 316 g/mol. The lowest BCUT2D eigenvalue weighted by Gasteiger charge is -2.36. The van der Waals surface area contributed by atoms with E-state index in [0.29, 0.717) is 0 Å². The molecule has 2 aliphatic heterocycles. The van der Waals surface area contributed by atoms with Crippen molar-refractivity contribution in [3.05, 3.63) is 0 Å². The summed E-state index contributed by atoms with van der Waals surface area (Å²) in [6, 6.07) is 0. The second-order valence-corrected chi connectivity index (χ2v) is 6.51. The molecule has 0 unspecified atom stereocenters. The van der Waals surface area contributed by atoms with Crippen LogP contribution in [-0.4, -0.2) is 69.9 Å². The summed E-state index contributed by atoms with van der Waals surface area (Å²) in [5.41, 5.74) is -1.81. The largest absolute Gasteiger partial charge is 0.480 e. The Bertz CT molecular complexity index is 503. The summed E-state index contributed by atoms with van der Waals surface area (Å²) in [4.78, 5) is 50.0. The fourth-order valence-electron chi connectivity index (χ4n) is 3.33. The first-order valence-corrected chi connectivity index (χ1v) is 8.39. The van der Waals surface area contributed by atoms with Crippen LogP contribution in [-0.2, 0) is 19.2 Å². The summed E-state index contributed by atoms with van der Waals surface area (Å²) in [6.07, 6.45) is 3.15. The summed E-state index contributed by atoms with van der Waals surface area (Å²) in [6.45, 7) is 1.68. The van der Waals surface area contributed by atoms with Crippen LogP contribution in [0.15, 0.2) is 0 Å². The third-order valence-electron chi connectivity index (χ3n) is 5.05. The predicted molar refractivity (Wildman–Crippen MR) is 83.2 cm³/mol. The lowest BCUT2D eigenvalue weighted by atomic mass is 9.78. The molecule has 2 aliphatic rings. The standard InChI is InChI=1S/C16H24N2O6/c19-12(17-8-2-1-3-9-17)4-5-13(20)18-10-6-16(7-11-18,14(21)22)15(23)24/h1-11H2,(H,21,22)(H,23,24). The SMILES string of the molecule is O=C(CCC(=O)N1CCC(C(=O)O)(C(=O)O)CC1)N1CCCCC1. The molecule has 2 saturated heterocycles. The average Bonchev–Trinajstić information content (AvgIpc) is 2.59. The highest BCUT2D eigenvalue weighted by Crippen LogP contribution is 2.32. The zero-order chi connectivity index (χ0) is 17.7. The van der Waals surface area contributed by atoms with Crippen LogP contribution in [0.25, 0.3) is 0 Å². The minimum absolute atomic E-state index is 0.0227. The van der Waals surface area contributed by atoms with Crippen molar-refractivity contribution in [3.63, 3.8) is 0 Å². The number of carbonyl (C=O) groups is 4. The Kier molecular flexibility index (Phi) is 5.80. The van der Waals surface area contributed by atoms with Gasteiger partial charge in [-0.05, 0) is 32.1 Å². The Morgan fingerprint density at radius 2 is 1.12 bits per heavy atom. The highest BCUT2D eigenvalue weighted by Gasteiger charge is 2.49. The molecule has 8 nitrogen and oxygen atoms in total. The Morgan fingerprint density at radius 3 is 1.54 bits per heavy atom. The van der Waals surface area contributed by atoms with Crippen molar-refractivity contribution in [3.8, 4) is 0 Å². The number of hydrogen-bond donors (Lipinski definition) is 2. The van der Waals surface area contributed by atoms with E-state index in [9.17, 15) is 19.2 Å². The summed E-state index contributed by atoms with van der Waals surface area (Å²) >= 11 is 0. The molecule has 0 aromatic rings. The lowest BCUT2D eigenvalue weighted by molar-refractivity contribution is -0.169. The van der Waals surface area contributed by atoms with Crippen LogP contribution in [0.3, 0.4) is 0 Å². The Balaban J connectivity index is 1.81. The molecule has 2 fully saturated rings. The molecular formula is C16H24N2O6. The number of likely N-dealkylation sites (tertiary alicyclic amines) is 2. The molecule has 0 radical (unpaired) electrons. The molecule has 134 valence electrons. The fourth-order valence-corrected chi connectivity index (χ4v) is 3.33. The van der Waals surface area contributed by atoms with Crippen molar-refractivity contribution in [2.24, 2.45) is 5.41 Å². The van der Waals surface area contributed by atoms with E-state index in [4.69, 9.17) is 10.2 Å². The fraction of sp³-hybridized carbons (Fsp3) is 0.750. The zero-order valence-electron chi connectivity index (χ0n) is 13.7. The van der Waals surface area contributed by atoms with Gasteiger partial charge in [-0.2, -0.15) is 0 Å². The van der Waals surface area contributed by atoms with Gasteiger partial charge in [-0.1, -0.05) is 0 Å². The van der Waals surface area contributed by atoms with Crippen LogP contribution < -0.4 is 0 Å². The van der Waals surface area contributed by atoms with Crippen molar-refractivity contribution in [1.82, 2.24) is 9.80 Å². The first kappa shape index (κ1) is 18.2. The maximum atomic E-state index is 12.2. The maximum absolute atomic E-state index is 12.2. The number of carboxylic acid groups (broad SMARTS) is 2. The van der Waals surface area contributed by atoms with E-state index in [1.807, 2.05) is 0 Å². The number of carboxylic acids is 2. The van der Waals surface area contributed by atoms with Crippen LogP contribution in [0.2, 0.25) is 0 Å². The number of aliphatic carboxylic acids is 2. The minimum Gasteiger partial charge on any atom is -0.480 e. The van der Waals surface area contributed by atoms with Gasteiger partial charge in [0.05, 0.1) is 0 Å². The van der Waals surface area contributed by atoms with Gasteiger partial charge in [0.2, 0.25) is 11.8 Å². The van der Waals surface area contributed by atoms with Gasteiger partial charge in [0.15, 0.2) is 5.41 Å². The number of carbonyl (C=O) groups excluding carboxylic acids is 2. The monoisotopic (exact) mass is 340 g/mol. The number of rotatable bonds is 5. The van der Waals surface area contributed by atoms with Crippen molar-refractivity contribution in [2.45, 2.75) is 44.9 Å². The molecule has 0 aliphatic carbocycles. The van der Waals surface area contributed by atoms with E-state index in [1.165, 1.54) is 4.90 Å². The predicted octanol–water partition coefficient (Wildman–Crippen LogP) is 0.557. The van der Waals surface area contributed by atoms with E-state index >= 15 is 0 Å². The normalized spacial score (nSPS) is 20.5. The average molecular weight is 340 g/mol. The van der Waals surface area contributed by atoms with Gasteiger partial charge >= 0.3 is 11.9 Å². The van der Waals surface area contributed by atoms with E-state index < -0.39 is 17.4 Å². The van der Waals surface area contributed by atoms with Gasteiger partial charge < -0.3 is 20.0 Å². The van der Waals surface area contributed by atoms with Gasteiger partial charge in [0.1, 0.15) is 0 Å². The van der Waals surface area contributed by atoms with Crippen LogP contribution in [0.1, 0.15) is 44.9 Å². The summed E-state index contributed by atoms with van der Waals surface area (Å²) < 4.78 is 0. The summed E-state index contributed by atoms with van der Waals surface area (Å²) in [5, 5.41) is 18.3. The van der Waals surface area contributed by atoms with E-state index in [2.05, 4.69) is 0 Å². The highest BCUT2D eigenvalue weighted by atomic mass is 16.4. The van der Waals surface area contributed by atoms with Gasteiger partial charge in [-0.25, -0.2) is 0 Å². The zero-order valence-corrected chi connectivity index (χ0v) is 13.7. The number of hydrogen-bond acceptors (Lipinski definition) is 4. The summed E-state index contributed by atoms with van der Waals surface area (Å²) in [5.74, 6) is -2.96. The number of nitrogens with zero attached hydrogens (tertiary/aromatic N) is 2. The third-order valence-corrected chi connectivity index (χ3v) is 5.05. The Hall–Kier alpha value is -2.12. The first-order valence-electron chi connectivity index (χ1n) is 8.39. The van der Waals surface area contributed by atoms with Crippen LogP contribution >= 0.6 is 0 Å². The molecule has 2 amide bonds. The molecule has 2 N–H and O–H groups in total. The second-order valence-electron chi connectivity index (χ2n) is 6.51. The molecule has 0 spiro atoms. The molecule has 24 heavy (non-hydrogen) atoms. The van der Waals surface area contributed by atoms with Crippen molar-refractivity contribution < 1.29 is 29.4 Å². The molecule has 0 bridgehead atoms. The molecule has 2 rings (SSSR count). The van der Waals surface area contributed by atoms with E-state index in [1.54, 1.807) is 4.90 Å². The van der Waals surface area contributed by atoms with E-state index in [0.717, 1.165) is 32.4 Å². The minimum atomic E-state index is -1.81. The van der Waals surface area contributed by atoms with Crippen LogP contribution in [0, 0.1) is 5.41 Å². The molecule has 0 aromatic carbocycles. The molecule has 2 heterocycles. The first-order chi connectivity index (χ1) is 11.4. The van der Waals surface area contributed by atoms with E-state index in [-0.39, 0.29) is 50.6 Å². The van der Waals surface area contributed by atoms with Gasteiger partial charge in [0.25, 0.3) is 0 Å². The Morgan fingerprint density at radius 1 is 0.708 bits per heavy atom.